The van der Waals surface area contributed by atoms with Crippen molar-refractivity contribution in [1.82, 2.24) is 20.9 Å². The van der Waals surface area contributed by atoms with Crippen LogP contribution in [0.1, 0.15) is 49.0 Å². The number of esters is 1. The minimum Gasteiger partial charge on any atom is -0.467 e. The minimum absolute atomic E-state index is 0.129. The van der Waals surface area contributed by atoms with Gasteiger partial charge in [-0.15, -0.1) is 0 Å². The number of ether oxygens (including phenoxy) is 1. The van der Waals surface area contributed by atoms with Crippen LogP contribution in [0.5, 0.6) is 0 Å². The lowest BCUT2D eigenvalue weighted by molar-refractivity contribution is -0.146. The summed E-state index contributed by atoms with van der Waals surface area (Å²) in [5, 5.41) is 8.50. The lowest BCUT2D eigenvalue weighted by Crippen LogP contribution is -2.53. The van der Waals surface area contributed by atoms with E-state index >= 15 is 0 Å². The van der Waals surface area contributed by atoms with Crippen molar-refractivity contribution in [2.24, 2.45) is 11.8 Å². The van der Waals surface area contributed by atoms with Crippen LogP contribution in [0.25, 0.3) is 0 Å². The minimum atomic E-state index is -0.963. The third-order valence-electron chi connectivity index (χ3n) is 5.50. The predicted molar refractivity (Wildman–Crippen MR) is 109 cm³/mol. The van der Waals surface area contributed by atoms with Gasteiger partial charge in [-0.05, 0) is 43.7 Å². The Bertz CT molecular complexity index is 807. The summed E-state index contributed by atoms with van der Waals surface area (Å²) in [6.07, 6.45) is 4.08. The molecule has 3 rings (SSSR count). The van der Waals surface area contributed by atoms with Crippen LogP contribution in [-0.4, -0.2) is 54.4 Å². The Hall–Kier alpha value is -2.55. The molecule has 1 aromatic rings. The van der Waals surface area contributed by atoms with Crippen molar-refractivity contribution in [3.8, 4) is 0 Å². The molecule has 3 amide bonds. The second-order valence-electron chi connectivity index (χ2n) is 7.88. The number of hydrogen-bond acceptors (Lipinski definition) is 5. The highest BCUT2D eigenvalue weighted by Gasteiger charge is 2.35. The van der Waals surface area contributed by atoms with Crippen LogP contribution in [0.4, 0.5) is 0 Å². The Morgan fingerprint density at radius 2 is 1.93 bits per heavy atom. The van der Waals surface area contributed by atoms with E-state index in [-0.39, 0.29) is 23.9 Å². The number of methoxy groups -OCH3 is 1. The van der Waals surface area contributed by atoms with Crippen molar-refractivity contribution >= 4 is 35.3 Å². The summed E-state index contributed by atoms with van der Waals surface area (Å²) in [6.45, 7) is 0.614. The number of amides is 3. The van der Waals surface area contributed by atoms with E-state index in [0.29, 0.717) is 30.5 Å². The fraction of sp³-hybridized carbons (Fsp3) is 0.600. The number of aromatic amines is 1. The average Bonchev–Trinajstić information content (AvgIpc) is 3.44. The van der Waals surface area contributed by atoms with Crippen LogP contribution in [0.15, 0.2) is 12.1 Å². The highest BCUT2D eigenvalue weighted by Crippen LogP contribution is 2.33. The molecule has 0 bridgehead atoms. The first-order chi connectivity index (χ1) is 14.4. The molecule has 10 heteroatoms. The number of carbonyl (C=O) groups excluding carboxylic acids is 4. The third kappa shape index (κ3) is 5.98. The summed E-state index contributed by atoms with van der Waals surface area (Å²) in [7, 11) is 1.24. The topological polar surface area (TPSA) is 129 Å². The fourth-order valence-corrected chi connectivity index (χ4v) is 3.79. The highest BCUT2D eigenvalue weighted by atomic mass is 35.5. The van der Waals surface area contributed by atoms with Gasteiger partial charge in [0.2, 0.25) is 11.8 Å². The molecule has 30 heavy (non-hydrogen) atoms. The van der Waals surface area contributed by atoms with E-state index in [1.54, 1.807) is 6.07 Å². The molecule has 0 spiro atoms. The molecule has 4 N–H and O–H groups in total. The van der Waals surface area contributed by atoms with Gasteiger partial charge >= 0.3 is 5.97 Å². The van der Waals surface area contributed by atoms with Gasteiger partial charge in [-0.1, -0.05) is 24.4 Å². The Morgan fingerprint density at radius 3 is 2.53 bits per heavy atom. The van der Waals surface area contributed by atoms with Gasteiger partial charge in [0.15, 0.2) is 0 Å². The van der Waals surface area contributed by atoms with E-state index < -0.39 is 29.9 Å². The van der Waals surface area contributed by atoms with Gasteiger partial charge in [0, 0.05) is 12.5 Å². The van der Waals surface area contributed by atoms with Crippen LogP contribution in [0, 0.1) is 11.8 Å². The smallest absolute Gasteiger partial charge is 0.328 e. The standard InChI is InChI=1S/C20H27ClN4O5/c1-30-20(29)15(10-12-3-2-8-22-17(12)26)25-19(28)14(9-11-4-5-11)24-18(27)13-6-7-16(21)23-13/h6-7,11-12,14-15,23H,2-5,8-10H2,1H3,(H,22,26)(H,24,27)(H,25,28)/t12-,14-,15?/m0/s1. The maximum atomic E-state index is 13.0. The summed E-state index contributed by atoms with van der Waals surface area (Å²) < 4.78 is 4.82. The Labute approximate surface area is 179 Å². The molecule has 1 aliphatic carbocycles. The van der Waals surface area contributed by atoms with Crippen molar-refractivity contribution in [3.05, 3.63) is 23.0 Å². The first-order valence-corrected chi connectivity index (χ1v) is 10.6. The molecular weight excluding hydrogens is 412 g/mol. The lowest BCUT2D eigenvalue weighted by Gasteiger charge is -2.27. The first kappa shape index (κ1) is 22.1. The maximum Gasteiger partial charge on any atom is 0.328 e. The zero-order chi connectivity index (χ0) is 21.7. The summed E-state index contributed by atoms with van der Waals surface area (Å²) in [6, 6.07) is 1.31. The number of carbonyl (C=O) groups is 4. The second kappa shape index (κ2) is 9.97. The zero-order valence-corrected chi connectivity index (χ0v) is 17.6. The molecule has 1 aromatic heterocycles. The molecule has 2 heterocycles. The lowest BCUT2D eigenvalue weighted by atomic mass is 9.91. The number of nitrogens with one attached hydrogen (secondary N) is 4. The van der Waals surface area contributed by atoms with Gasteiger partial charge in [0.25, 0.3) is 5.91 Å². The Kier molecular flexibility index (Phi) is 7.36. The van der Waals surface area contributed by atoms with Crippen molar-refractivity contribution < 1.29 is 23.9 Å². The van der Waals surface area contributed by atoms with Crippen LogP contribution >= 0.6 is 11.6 Å². The van der Waals surface area contributed by atoms with Gasteiger partial charge < -0.3 is 25.7 Å². The van der Waals surface area contributed by atoms with Crippen LogP contribution in [0.2, 0.25) is 5.15 Å². The number of H-pyrrole nitrogens is 1. The molecule has 1 saturated heterocycles. The van der Waals surface area contributed by atoms with Crippen molar-refractivity contribution in [2.45, 2.75) is 50.6 Å². The molecule has 1 unspecified atom stereocenters. The van der Waals surface area contributed by atoms with Gasteiger partial charge in [0.05, 0.1) is 7.11 Å². The molecule has 2 aliphatic rings. The second-order valence-corrected chi connectivity index (χ2v) is 8.28. The molecule has 9 nitrogen and oxygen atoms in total. The predicted octanol–water partition coefficient (Wildman–Crippen LogP) is 1.14. The molecule has 1 aliphatic heterocycles. The molecule has 0 aromatic carbocycles. The number of piperidine rings is 1. The van der Waals surface area contributed by atoms with Crippen molar-refractivity contribution in [3.63, 3.8) is 0 Å². The van der Waals surface area contributed by atoms with Crippen molar-refractivity contribution in [1.29, 1.82) is 0 Å². The van der Waals surface area contributed by atoms with Crippen LogP contribution in [-0.2, 0) is 19.1 Å². The molecule has 2 fully saturated rings. The van der Waals surface area contributed by atoms with E-state index in [2.05, 4.69) is 20.9 Å². The summed E-state index contributed by atoms with van der Waals surface area (Å²) >= 11 is 5.82. The monoisotopic (exact) mass is 438 g/mol. The molecule has 164 valence electrons. The van der Waals surface area contributed by atoms with Gasteiger partial charge in [0.1, 0.15) is 22.9 Å². The van der Waals surface area contributed by atoms with Gasteiger partial charge in [-0.2, -0.15) is 0 Å². The number of hydrogen-bond donors (Lipinski definition) is 4. The highest BCUT2D eigenvalue weighted by molar-refractivity contribution is 6.29. The largest absolute Gasteiger partial charge is 0.467 e. The number of rotatable bonds is 9. The quantitative estimate of drug-likeness (QED) is 0.429. The normalized spacial score (nSPS) is 20.6. The summed E-state index contributed by atoms with van der Waals surface area (Å²) in [5.41, 5.74) is 0.247. The Morgan fingerprint density at radius 1 is 1.17 bits per heavy atom. The number of aromatic nitrogens is 1. The fourth-order valence-electron chi connectivity index (χ4n) is 3.63. The Balaban J connectivity index is 1.66. The van der Waals surface area contributed by atoms with Crippen molar-refractivity contribution in [2.75, 3.05) is 13.7 Å². The van der Waals surface area contributed by atoms with E-state index in [1.165, 1.54) is 13.2 Å². The number of halogens is 1. The van der Waals surface area contributed by atoms with Crippen LogP contribution < -0.4 is 16.0 Å². The third-order valence-corrected chi connectivity index (χ3v) is 5.73. The average molecular weight is 439 g/mol. The van der Waals surface area contributed by atoms with Crippen LogP contribution in [0.3, 0.4) is 0 Å². The van der Waals surface area contributed by atoms with E-state index in [0.717, 1.165) is 19.3 Å². The van der Waals surface area contributed by atoms with Gasteiger partial charge in [-0.25, -0.2) is 4.79 Å². The molecule has 1 saturated carbocycles. The zero-order valence-electron chi connectivity index (χ0n) is 16.8. The summed E-state index contributed by atoms with van der Waals surface area (Å²) in [4.78, 5) is 52.5. The molecular formula is C20H27ClN4O5. The van der Waals surface area contributed by atoms with E-state index in [4.69, 9.17) is 16.3 Å². The SMILES string of the molecule is COC(=O)C(C[C@@H]1CCCNC1=O)NC(=O)[C@H](CC1CC1)NC(=O)c1ccc(Cl)[nH]1. The maximum absolute atomic E-state index is 13.0. The first-order valence-electron chi connectivity index (χ1n) is 10.2. The summed E-state index contributed by atoms with van der Waals surface area (Å²) in [5.74, 6) is -1.69. The van der Waals surface area contributed by atoms with E-state index in [9.17, 15) is 19.2 Å². The van der Waals surface area contributed by atoms with E-state index in [1.807, 2.05) is 0 Å². The molecule has 0 radical (unpaired) electrons. The van der Waals surface area contributed by atoms with Gasteiger partial charge in [-0.3, -0.25) is 14.4 Å². The molecule has 3 atom stereocenters.